The van der Waals surface area contributed by atoms with Crippen LogP contribution in [0.2, 0.25) is 0 Å². The number of thiocarbonyl (C=S) groups is 1. The lowest BCUT2D eigenvalue weighted by Gasteiger charge is -2.29. The van der Waals surface area contributed by atoms with E-state index in [0.717, 1.165) is 25.7 Å². The number of nitrogens with two attached hydrogens (primary N) is 1. The smallest absolute Gasteiger partial charge is 0.251 e. The molecule has 1 aliphatic rings. The molecule has 4 nitrogen and oxygen atoms in total. The SMILES string of the molecule is NC(=S)C(NS(=O)(=O)c1sccc1Br)C1CCCCC1. The quantitative estimate of drug-likeness (QED) is 0.750. The van der Waals surface area contributed by atoms with E-state index in [1.165, 1.54) is 17.8 Å². The van der Waals surface area contributed by atoms with Crippen LogP contribution in [0.3, 0.4) is 0 Å². The van der Waals surface area contributed by atoms with Crippen LogP contribution < -0.4 is 10.5 Å². The van der Waals surface area contributed by atoms with Gasteiger partial charge in [0.25, 0.3) is 10.0 Å². The molecule has 1 saturated carbocycles. The van der Waals surface area contributed by atoms with E-state index in [-0.39, 0.29) is 15.1 Å². The topological polar surface area (TPSA) is 72.2 Å². The van der Waals surface area contributed by atoms with Gasteiger partial charge in [0.2, 0.25) is 0 Å². The van der Waals surface area contributed by atoms with Crippen molar-refractivity contribution in [1.29, 1.82) is 0 Å². The van der Waals surface area contributed by atoms with E-state index >= 15 is 0 Å². The van der Waals surface area contributed by atoms with Crippen LogP contribution in [0.1, 0.15) is 32.1 Å². The zero-order valence-electron chi connectivity index (χ0n) is 10.8. The van der Waals surface area contributed by atoms with E-state index in [4.69, 9.17) is 18.0 Å². The van der Waals surface area contributed by atoms with Crippen LogP contribution in [0.25, 0.3) is 0 Å². The molecule has 1 aromatic rings. The lowest BCUT2D eigenvalue weighted by atomic mass is 9.84. The first-order valence-electron chi connectivity index (χ1n) is 6.46. The fourth-order valence-corrected chi connectivity index (χ4v) is 6.51. The molecule has 0 radical (unpaired) electrons. The molecule has 20 heavy (non-hydrogen) atoms. The number of thiophene rings is 1. The summed E-state index contributed by atoms with van der Waals surface area (Å²) in [5, 5.41) is 1.73. The molecule has 1 aromatic heterocycles. The van der Waals surface area contributed by atoms with Gasteiger partial charge in [-0.15, -0.1) is 11.3 Å². The summed E-state index contributed by atoms with van der Waals surface area (Å²) in [6, 6.07) is 1.26. The van der Waals surface area contributed by atoms with Gasteiger partial charge in [-0.05, 0) is 46.1 Å². The maximum absolute atomic E-state index is 12.4. The summed E-state index contributed by atoms with van der Waals surface area (Å²) >= 11 is 9.50. The summed E-state index contributed by atoms with van der Waals surface area (Å²) in [7, 11) is -3.59. The lowest BCUT2D eigenvalue weighted by molar-refractivity contribution is 0.330. The molecule has 0 spiro atoms. The van der Waals surface area contributed by atoms with Gasteiger partial charge in [0, 0.05) is 4.47 Å². The third-order valence-corrected chi connectivity index (χ3v) is 7.90. The molecule has 8 heteroatoms. The normalized spacial score (nSPS) is 18.9. The number of rotatable bonds is 5. The van der Waals surface area contributed by atoms with Crippen molar-refractivity contribution in [2.24, 2.45) is 11.7 Å². The lowest BCUT2D eigenvalue weighted by Crippen LogP contribution is -2.48. The van der Waals surface area contributed by atoms with Gasteiger partial charge >= 0.3 is 0 Å². The number of nitrogens with one attached hydrogen (secondary N) is 1. The van der Waals surface area contributed by atoms with Crippen molar-refractivity contribution in [2.45, 2.75) is 42.4 Å². The Hall–Kier alpha value is -0.0200. The Morgan fingerprint density at radius 2 is 2.10 bits per heavy atom. The average molecular weight is 397 g/mol. The Labute approximate surface area is 137 Å². The molecule has 1 unspecified atom stereocenters. The highest BCUT2D eigenvalue weighted by Crippen LogP contribution is 2.30. The fourth-order valence-electron chi connectivity index (χ4n) is 2.55. The maximum atomic E-state index is 12.4. The van der Waals surface area contributed by atoms with E-state index in [2.05, 4.69) is 20.7 Å². The van der Waals surface area contributed by atoms with Crippen molar-refractivity contribution >= 4 is 54.5 Å². The highest BCUT2D eigenvalue weighted by Gasteiger charge is 2.31. The molecule has 0 aliphatic heterocycles. The Bertz CT molecular complexity index is 579. The number of hydrogen-bond donors (Lipinski definition) is 2. The Morgan fingerprint density at radius 1 is 1.45 bits per heavy atom. The summed E-state index contributed by atoms with van der Waals surface area (Å²) < 4.78 is 28.4. The second-order valence-electron chi connectivity index (χ2n) is 4.96. The standard InChI is InChI=1S/C12H17BrN2O2S3/c13-9-6-7-19-12(9)20(16,17)15-10(11(14)18)8-4-2-1-3-5-8/h6-8,10,15H,1-5H2,(H2,14,18). The summed E-state index contributed by atoms with van der Waals surface area (Å²) in [6.07, 6.45) is 5.35. The van der Waals surface area contributed by atoms with Crippen LogP contribution in [0, 0.1) is 5.92 Å². The van der Waals surface area contributed by atoms with Gasteiger partial charge in [-0.1, -0.05) is 31.5 Å². The Kier molecular flexibility index (Phi) is 5.58. The van der Waals surface area contributed by atoms with Crippen molar-refractivity contribution in [3.63, 3.8) is 0 Å². The van der Waals surface area contributed by atoms with E-state index < -0.39 is 16.1 Å². The van der Waals surface area contributed by atoms with Crippen LogP contribution >= 0.6 is 39.5 Å². The van der Waals surface area contributed by atoms with Gasteiger partial charge in [-0.25, -0.2) is 13.1 Å². The molecular weight excluding hydrogens is 380 g/mol. The molecule has 0 bridgehead atoms. The van der Waals surface area contributed by atoms with E-state index in [1.807, 2.05) is 0 Å². The third-order valence-electron chi connectivity index (χ3n) is 3.54. The van der Waals surface area contributed by atoms with E-state index in [1.54, 1.807) is 11.4 Å². The first-order valence-corrected chi connectivity index (χ1v) is 10.0. The highest BCUT2D eigenvalue weighted by atomic mass is 79.9. The average Bonchev–Trinajstić information content (AvgIpc) is 2.84. The first kappa shape index (κ1) is 16.4. The molecule has 1 fully saturated rings. The van der Waals surface area contributed by atoms with Crippen LogP contribution in [0.15, 0.2) is 20.1 Å². The summed E-state index contributed by atoms with van der Waals surface area (Å²) in [4.78, 5) is 0.230. The molecule has 0 aromatic carbocycles. The minimum Gasteiger partial charge on any atom is -0.392 e. The zero-order valence-corrected chi connectivity index (χ0v) is 14.9. The van der Waals surface area contributed by atoms with E-state index in [9.17, 15) is 8.42 Å². The van der Waals surface area contributed by atoms with Crippen LogP contribution in [-0.2, 0) is 10.0 Å². The second-order valence-corrected chi connectivity index (χ2v) is 9.11. The molecule has 1 heterocycles. The summed E-state index contributed by atoms with van der Waals surface area (Å²) in [5.74, 6) is 0.203. The zero-order chi connectivity index (χ0) is 14.8. The summed E-state index contributed by atoms with van der Waals surface area (Å²) in [5.41, 5.74) is 5.76. The first-order chi connectivity index (χ1) is 9.42. The van der Waals surface area contributed by atoms with Crippen LogP contribution in [0.5, 0.6) is 0 Å². The number of hydrogen-bond acceptors (Lipinski definition) is 4. The highest BCUT2D eigenvalue weighted by molar-refractivity contribution is 9.10. The molecule has 0 amide bonds. The Morgan fingerprint density at radius 3 is 2.60 bits per heavy atom. The predicted molar refractivity (Wildman–Crippen MR) is 89.5 cm³/mol. The van der Waals surface area contributed by atoms with Gasteiger partial charge in [0.05, 0.1) is 11.0 Å². The molecule has 0 saturated heterocycles. The van der Waals surface area contributed by atoms with Crippen molar-refractivity contribution in [3.05, 3.63) is 15.9 Å². The minimum atomic E-state index is -3.59. The fraction of sp³-hybridized carbons (Fsp3) is 0.583. The van der Waals surface area contributed by atoms with Crippen LogP contribution in [0.4, 0.5) is 0 Å². The van der Waals surface area contributed by atoms with Gasteiger partial charge < -0.3 is 5.73 Å². The Balaban J connectivity index is 2.19. The van der Waals surface area contributed by atoms with Crippen molar-refractivity contribution in [3.8, 4) is 0 Å². The van der Waals surface area contributed by atoms with Crippen LogP contribution in [-0.4, -0.2) is 19.4 Å². The van der Waals surface area contributed by atoms with Crippen molar-refractivity contribution in [2.75, 3.05) is 0 Å². The third kappa shape index (κ3) is 3.79. The molecular formula is C12H17BrN2O2S3. The maximum Gasteiger partial charge on any atom is 0.251 e. The molecule has 2 rings (SSSR count). The number of sulfonamides is 1. The molecule has 112 valence electrons. The van der Waals surface area contributed by atoms with Crippen molar-refractivity contribution in [1.82, 2.24) is 4.72 Å². The molecule has 1 aliphatic carbocycles. The minimum absolute atomic E-state index is 0.203. The van der Waals surface area contributed by atoms with Gasteiger partial charge in [-0.2, -0.15) is 0 Å². The molecule has 3 N–H and O–H groups in total. The largest absolute Gasteiger partial charge is 0.392 e. The van der Waals surface area contributed by atoms with Gasteiger partial charge in [0.15, 0.2) is 0 Å². The van der Waals surface area contributed by atoms with Gasteiger partial charge in [-0.3, -0.25) is 0 Å². The van der Waals surface area contributed by atoms with Gasteiger partial charge in [0.1, 0.15) is 4.21 Å². The predicted octanol–water partition coefficient (Wildman–Crippen LogP) is 3.02. The molecule has 1 atom stereocenters. The van der Waals surface area contributed by atoms with Crippen molar-refractivity contribution < 1.29 is 8.42 Å². The summed E-state index contributed by atoms with van der Waals surface area (Å²) in [6.45, 7) is 0. The number of halogens is 1. The van der Waals surface area contributed by atoms with E-state index in [0.29, 0.717) is 4.47 Å². The monoisotopic (exact) mass is 396 g/mol. The second kappa shape index (κ2) is 6.83.